The highest BCUT2D eigenvalue weighted by atomic mass is 16.5. The van der Waals surface area contributed by atoms with E-state index in [0.717, 1.165) is 6.42 Å². The standard InChI is InChI=1S/C13H23N3O3/c1-4-18-7-5-6-15-12(17)10-8-19-13(16-10)11(14)9(2)3/h8-9,11H,4-7,14H2,1-3H3,(H,15,17). The minimum Gasteiger partial charge on any atom is -0.446 e. The molecule has 0 aromatic carbocycles. The maximum Gasteiger partial charge on any atom is 0.273 e. The average Bonchev–Trinajstić information content (AvgIpc) is 2.86. The Bertz CT molecular complexity index is 390. The molecular weight excluding hydrogens is 246 g/mol. The highest BCUT2D eigenvalue weighted by molar-refractivity contribution is 5.91. The molecule has 108 valence electrons. The molecule has 0 saturated heterocycles. The zero-order valence-corrected chi connectivity index (χ0v) is 11.8. The topological polar surface area (TPSA) is 90.4 Å². The van der Waals surface area contributed by atoms with Crippen LogP contribution in [0.4, 0.5) is 0 Å². The summed E-state index contributed by atoms with van der Waals surface area (Å²) in [6, 6.07) is -0.292. The smallest absolute Gasteiger partial charge is 0.273 e. The summed E-state index contributed by atoms with van der Waals surface area (Å²) in [5.74, 6) is 0.359. The second kappa shape index (κ2) is 7.91. The Morgan fingerprint density at radius 3 is 2.95 bits per heavy atom. The van der Waals surface area contributed by atoms with Crippen LogP contribution in [0.5, 0.6) is 0 Å². The van der Waals surface area contributed by atoms with E-state index >= 15 is 0 Å². The number of oxazole rings is 1. The van der Waals surface area contributed by atoms with Crippen LogP contribution >= 0.6 is 0 Å². The predicted molar refractivity (Wildman–Crippen MR) is 71.7 cm³/mol. The Labute approximate surface area is 113 Å². The number of nitrogens with one attached hydrogen (secondary N) is 1. The van der Waals surface area contributed by atoms with E-state index in [1.807, 2.05) is 20.8 Å². The van der Waals surface area contributed by atoms with Gasteiger partial charge in [0, 0.05) is 19.8 Å². The molecule has 19 heavy (non-hydrogen) atoms. The summed E-state index contributed by atoms with van der Waals surface area (Å²) in [7, 11) is 0. The van der Waals surface area contributed by atoms with Crippen molar-refractivity contribution in [2.75, 3.05) is 19.8 Å². The first-order valence-electron chi connectivity index (χ1n) is 6.63. The fraction of sp³-hybridized carbons (Fsp3) is 0.692. The molecule has 0 aliphatic carbocycles. The third-order valence-corrected chi connectivity index (χ3v) is 2.71. The molecule has 1 aromatic rings. The molecular formula is C13H23N3O3. The van der Waals surface area contributed by atoms with E-state index < -0.39 is 0 Å². The number of rotatable bonds is 8. The minimum atomic E-state index is -0.292. The molecule has 1 rings (SSSR count). The van der Waals surface area contributed by atoms with Gasteiger partial charge in [-0.1, -0.05) is 13.8 Å². The molecule has 0 aliphatic rings. The Kier molecular flexibility index (Phi) is 6.52. The second-order valence-electron chi connectivity index (χ2n) is 4.65. The largest absolute Gasteiger partial charge is 0.446 e. The van der Waals surface area contributed by atoms with Gasteiger partial charge in [-0.05, 0) is 19.3 Å². The lowest BCUT2D eigenvalue weighted by atomic mass is 10.1. The van der Waals surface area contributed by atoms with Crippen LogP contribution in [0.3, 0.4) is 0 Å². The van der Waals surface area contributed by atoms with Gasteiger partial charge < -0.3 is 20.2 Å². The number of hydrogen-bond donors (Lipinski definition) is 2. The number of ether oxygens (including phenoxy) is 1. The lowest BCUT2D eigenvalue weighted by Crippen LogP contribution is -2.26. The molecule has 1 unspecified atom stereocenters. The van der Waals surface area contributed by atoms with Crippen LogP contribution in [-0.4, -0.2) is 30.6 Å². The Morgan fingerprint density at radius 2 is 2.32 bits per heavy atom. The van der Waals surface area contributed by atoms with E-state index in [0.29, 0.717) is 25.6 Å². The van der Waals surface area contributed by atoms with Gasteiger partial charge in [0.05, 0.1) is 6.04 Å². The van der Waals surface area contributed by atoms with Crippen LogP contribution in [0.25, 0.3) is 0 Å². The molecule has 3 N–H and O–H groups in total. The normalized spacial score (nSPS) is 12.7. The Balaban J connectivity index is 2.41. The van der Waals surface area contributed by atoms with Crippen molar-refractivity contribution in [1.82, 2.24) is 10.3 Å². The summed E-state index contributed by atoms with van der Waals surface area (Å²) in [6.45, 7) is 7.77. The molecule has 0 fully saturated rings. The predicted octanol–water partition coefficient (Wildman–Crippen LogP) is 1.49. The van der Waals surface area contributed by atoms with E-state index in [9.17, 15) is 4.79 Å². The minimum absolute atomic E-state index is 0.209. The summed E-state index contributed by atoms with van der Waals surface area (Å²) in [5.41, 5.74) is 6.17. The molecule has 1 heterocycles. The molecule has 0 saturated carbocycles. The lowest BCUT2D eigenvalue weighted by Gasteiger charge is -2.10. The molecule has 0 aliphatic heterocycles. The van der Waals surface area contributed by atoms with Crippen molar-refractivity contribution in [3.63, 3.8) is 0 Å². The highest BCUT2D eigenvalue weighted by Gasteiger charge is 2.19. The third kappa shape index (κ3) is 5.00. The van der Waals surface area contributed by atoms with Crippen molar-refractivity contribution in [2.45, 2.75) is 33.2 Å². The van der Waals surface area contributed by atoms with Crippen molar-refractivity contribution in [3.8, 4) is 0 Å². The highest BCUT2D eigenvalue weighted by Crippen LogP contribution is 2.17. The van der Waals surface area contributed by atoms with E-state index in [2.05, 4.69) is 10.3 Å². The fourth-order valence-corrected chi connectivity index (χ4v) is 1.44. The van der Waals surface area contributed by atoms with Crippen LogP contribution in [0.2, 0.25) is 0 Å². The Hall–Kier alpha value is -1.40. The van der Waals surface area contributed by atoms with Gasteiger partial charge in [0.25, 0.3) is 5.91 Å². The van der Waals surface area contributed by atoms with Crippen LogP contribution < -0.4 is 11.1 Å². The van der Waals surface area contributed by atoms with Gasteiger partial charge >= 0.3 is 0 Å². The molecule has 1 amide bonds. The van der Waals surface area contributed by atoms with Crippen LogP contribution in [-0.2, 0) is 4.74 Å². The number of nitrogens with two attached hydrogens (primary N) is 1. The zero-order valence-electron chi connectivity index (χ0n) is 11.8. The van der Waals surface area contributed by atoms with E-state index in [4.69, 9.17) is 14.9 Å². The summed E-state index contributed by atoms with van der Waals surface area (Å²) in [4.78, 5) is 15.9. The number of amides is 1. The van der Waals surface area contributed by atoms with Crippen LogP contribution in [0, 0.1) is 5.92 Å². The van der Waals surface area contributed by atoms with Crippen LogP contribution in [0.15, 0.2) is 10.7 Å². The maximum absolute atomic E-state index is 11.8. The molecule has 6 nitrogen and oxygen atoms in total. The maximum atomic E-state index is 11.8. The first-order valence-corrected chi connectivity index (χ1v) is 6.63. The van der Waals surface area contributed by atoms with Gasteiger partial charge in [0.15, 0.2) is 5.69 Å². The van der Waals surface area contributed by atoms with Crippen molar-refractivity contribution >= 4 is 5.91 Å². The molecule has 1 aromatic heterocycles. The third-order valence-electron chi connectivity index (χ3n) is 2.71. The first-order chi connectivity index (χ1) is 9.06. The number of hydrogen-bond acceptors (Lipinski definition) is 5. The van der Waals surface area contributed by atoms with Gasteiger partial charge in [-0.2, -0.15) is 0 Å². The fourth-order valence-electron chi connectivity index (χ4n) is 1.44. The first kappa shape index (κ1) is 15.7. The molecule has 0 bridgehead atoms. The van der Waals surface area contributed by atoms with Gasteiger partial charge in [-0.15, -0.1) is 0 Å². The molecule has 0 radical (unpaired) electrons. The number of aromatic nitrogens is 1. The van der Waals surface area contributed by atoms with Crippen LogP contribution in [0.1, 0.15) is 49.6 Å². The molecule has 1 atom stereocenters. The van der Waals surface area contributed by atoms with E-state index in [1.54, 1.807) is 0 Å². The lowest BCUT2D eigenvalue weighted by molar-refractivity contribution is 0.0939. The van der Waals surface area contributed by atoms with Crippen molar-refractivity contribution < 1.29 is 13.9 Å². The Morgan fingerprint density at radius 1 is 1.58 bits per heavy atom. The second-order valence-corrected chi connectivity index (χ2v) is 4.65. The van der Waals surface area contributed by atoms with E-state index in [1.165, 1.54) is 6.26 Å². The molecule has 6 heteroatoms. The monoisotopic (exact) mass is 269 g/mol. The van der Waals surface area contributed by atoms with Gasteiger partial charge in [-0.3, -0.25) is 4.79 Å². The zero-order chi connectivity index (χ0) is 14.3. The number of nitrogens with zero attached hydrogens (tertiary/aromatic N) is 1. The average molecular weight is 269 g/mol. The quantitative estimate of drug-likeness (QED) is 0.698. The molecule has 0 spiro atoms. The van der Waals surface area contributed by atoms with Crippen molar-refractivity contribution in [2.24, 2.45) is 11.7 Å². The number of carbonyl (C=O) groups is 1. The summed E-state index contributed by atoms with van der Waals surface area (Å²) in [5, 5.41) is 2.76. The van der Waals surface area contributed by atoms with Gasteiger partial charge in [0.2, 0.25) is 5.89 Å². The number of carbonyl (C=O) groups excluding carboxylic acids is 1. The summed E-state index contributed by atoms with van der Waals surface area (Å²) < 4.78 is 10.4. The van der Waals surface area contributed by atoms with Gasteiger partial charge in [-0.25, -0.2) is 4.98 Å². The summed E-state index contributed by atoms with van der Waals surface area (Å²) >= 11 is 0. The van der Waals surface area contributed by atoms with Crippen molar-refractivity contribution in [3.05, 3.63) is 17.8 Å². The van der Waals surface area contributed by atoms with E-state index in [-0.39, 0.29) is 23.6 Å². The van der Waals surface area contributed by atoms with Gasteiger partial charge in [0.1, 0.15) is 6.26 Å². The van der Waals surface area contributed by atoms with Crippen molar-refractivity contribution in [1.29, 1.82) is 0 Å². The SMILES string of the molecule is CCOCCCNC(=O)c1coc(C(N)C(C)C)n1. The summed E-state index contributed by atoms with van der Waals surface area (Å²) in [6.07, 6.45) is 2.12.